The third-order valence-electron chi connectivity index (χ3n) is 17.5. The molecule has 0 heterocycles. The number of phosphoric acid groups is 2. The fourth-order valence-corrected chi connectivity index (χ4v) is 12.9. The Labute approximate surface area is 633 Å². The van der Waals surface area contributed by atoms with Crippen molar-refractivity contribution in [3.05, 3.63) is 97.2 Å². The molecule has 0 saturated heterocycles. The van der Waals surface area contributed by atoms with E-state index >= 15 is 0 Å². The summed E-state index contributed by atoms with van der Waals surface area (Å²) in [6.45, 7) is 4.67. The van der Waals surface area contributed by atoms with Crippen molar-refractivity contribution in [2.24, 2.45) is 0 Å². The van der Waals surface area contributed by atoms with Crippen LogP contribution in [0.25, 0.3) is 0 Å². The molecule has 0 aromatic rings. The number of hydrogen-bond donors (Lipinski definition) is 3. The van der Waals surface area contributed by atoms with Crippen LogP contribution in [-0.4, -0.2) is 96.7 Å². The van der Waals surface area contributed by atoms with Crippen molar-refractivity contribution in [3.8, 4) is 0 Å². The molecule has 5 unspecified atom stereocenters. The van der Waals surface area contributed by atoms with Gasteiger partial charge in [-0.2, -0.15) is 0 Å². The molecule has 5 atom stereocenters. The van der Waals surface area contributed by atoms with Gasteiger partial charge in [-0.05, 0) is 122 Å². The molecule has 17 nitrogen and oxygen atoms in total. The Kier molecular flexibility index (Phi) is 74.2. The van der Waals surface area contributed by atoms with Crippen LogP contribution in [0.3, 0.4) is 0 Å². The van der Waals surface area contributed by atoms with E-state index < -0.39 is 97.5 Å². The lowest BCUT2D eigenvalue weighted by molar-refractivity contribution is -0.161. The van der Waals surface area contributed by atoms with Crippen molar-refractivity contribution in [2.75, 3.05) is 39.6 Å². The number of carbonyl (C=O) groups excluding carboxylic acids is 4. The first-order valence-electron chi connectivity index (χ1n) is 41.5. The molecule has 0 amide bonds. The predicted molar refractivity (Wildman–Crippen MR) is 427 cm³/mol. The number of allylic oxidation sites excluding steroid dienone is 16. The molecule has 0 rings (SSSR count). The second-order valence-electron chi connectivity index (χ2n) is 27.7. The molecule has 0 aliphatic rings. The van der Waals surface area contributed by atoms with Gasteiger partial charge in [0.05, 0.1) is 26.4 Å². The summed E-state index contributed by atoms with van der Waals surface area (Å²) in [5, 5.41) is 10.7. The first-order valence-corrected chi connectivity index (χ1v) is 44.5. The van der Waals surface area contributed by atoms with Gasteiger partial charge in [0.2, 0.25) is 0 Å². The molecule has 0 radical (unpaired) electrons. The summed E-state index contributed by atoms with van der Waals surface area (Å²) < 4.78 is 68.7. The minimum atomic E-state index is -4.99. The number of ether oxygens (including phenoxy) is 4. The van der Waals surface area contributed by atoms with Gasteiger partial charge in [0.15, 0.2) is 12.2 Å². The van der Waals surface area contributed by atoms with Crippen LogP contribution in [0, 0.1) is 0 Å². The normalized spacial score (nSPS) is 14.3. The van der Waals surface area contributed by atoms with E-state index in [0.717, 1.165) is 180 Å². The Balaban J connectivity index is 5.38. The molecule has 0 aromatic carbocycles. The second kappa shape index (κ2) is 77.1. The van der Waals surface area contributed by atoms with Gasteiger partial charge >= 0.3 is 39.5 Å². The highest BCUT2D eigenvalue weighted by Crippen LogP contribution is 2.45. The number of carbonyl (C=O) groups is 4. The molecule has 0 fully saturated rings. The van der Waals surface area contributed by atoms with Crippen molar-refractivity contribution < 1.29 is 80.2 Å². The summed E-state index contributed by atoms with van der Waals surface area (Å²) in [5.74, 6) is -2.20. The SMILES string of the molecule is CC/C=C\C/C=C\C/C=C\C/C=C\CCCCCCC(=O)OCC(COP(=O)(O)OCC(O)COP(=O)(O)OCC(COC(=O)CCCCCCC/C=C\CCCCCCCC)OC(=O)CCCCCCCCCCCCCCCCC)OC(=O)CCCCCCCCC/C=C\C/C=C\C/C=C\CC. The summed E-state index contributed by atoms with van der Waals surface area (Å²) in [6, 6.07) is 0. The van der Waals surface area contributed by atoms with Gasteiger partial charge in [0.25, 0.3) is 0 Å². The molecule has 0 bridgehead atoms. The Morgan fingerprint density at radius 1 is 0.279 bits per heavy atom. The van der Waals surface area contributed by atoms with Gasteiger partial charge < -0.3 is 33.8 Å². The summed E-state index contributed by atoms with van der Waals surface area (Å²) in [7, 11) is -9.96. The van der Waals surface area contributed by atoms with Crippen molar-refractivity contribution in [2.45, 2.75) is 380 Å². The quantitative estimate of drug-likeness (QED) is 0.0169. The summed E-state index contributed by atoms with van der Waals surface area (Å²) in [5.41, 5.74) is 0. The van der Waals surface area contributed by atoms with E-state index in [1.165, 1.54) is 103 Å². The Hall–Kier alpha value is -4.02. The zero-order valence-electron chi connectivity index (χ0n) is 65.9. The number of aliphatic hydroxyl groups excluding tert-OH is 1. The third kappa shape index (κ3) is 76.2. The van der Waals surface area contributed by atoms with E-state index in [2.05, 4.69) is 125 Å². The average Bonchev–Trinajstić information content (AvgIpc) is 0.926. The van der Waals surface area contributed by atoms with Crippen LogP contribution in [0.1, 0.15) is 362 Å². The minimum absolute atomic E-state index is 0.0779. The van der Waals surface area contributed by atoms with Gasteiger partial charge in [-0.1, -0.05) is 311 Å². The molecule has 0 saturated carbocycles. The van der Waals surface area contributed by atoms with Gasteiger partial charge in [-0.25, -0.2) is 9.13 Å². The molecule has 0 aliphatic carbocycles. The van der Waals surface area contributed by atoms with E-state index in [-0.39, 0.29) is 25.7 Å². The molecular weight excluding hydrogens is 1350 g/mol. The lowest BCUT2D eigenvalue weighted by atomic mass is 10.0. The zero-order chi connectivity index (χ0) is 76.0. The fourth-order valence-electron chi connectivity index (χ4n) is 11.3. The number of rotatable bonds is 78. The molecular formula is C85H150O17P2. The number of phosphoric ester groups is 2. The van der Waals surface area contributed by atoms with Crippen molar-refractivity contribution >= 4 is 39.5 Å². The highest BCUT2D eigenvalue weighted by Gasteiger charge is 2.30. The van der Waals surface area contributed by atoms with Crippen LogP contribution in [0.15, 0.2) is 97.2 Å². The van der Waals surface area contributed by atoms with Crippen LogP contribution in [-0.2, 0) is 65.4 Å². The van der Waals surface area contributed by atoms with E-state index in [4.69, 9.17) is 37.0 Å². The Morgan fingerprint density at radius 3 is 0.779 bits per heavy atom. The van der Waals surface area contributed by atoms with Crippen LogP contribution in [0.5, 0.6) is 0 Å². The van der Waals surface area contributed by atoms with Crippen molar-refractivity contribution in [1.29, 1.82) is 0 Å². The fraction of sp³-hybridized carbons (Fsp3) is 0.765. The van der Waals surface area contributed by atoms with Gasteiger partial charge in [0, 0.05) is 25.7 Å². The predicted octanol–water partition coefficient (Wildman–Crippen LogP) is 24.3. The largest absolute Gasteiger partial charge is 0.472 e. The number of hydrogen-bond acceptors (Lipinski definition) is 15. The molecule has 0 spiro atoms. The smallest absolute Gasteiger partial charge is 0.462 e. The van der Waals surface area contributed by atoms with Gasteiger partial charge in [-0.3, -0.25) is 37.3 Å². The standard InChI is InChI=1S/C85H150O17P2/c1-5-9-13-17-21-25-29-33-37-39-43-46-50-54-58-62-66-70-83(88)96-76-81(102-85(90)72-68-64-60-56-52-48-44-40-38-34-30-26-22-18-14-10-6-2)78-100-104(93,94)98-74-79(86)73-97-103(91,92)99-77-80(101-84(89)71-67-63-59-55-51-47-42-36-32-28-24-20-16-12-8-4)75-95-82(87)69-65-61-57-53-49-45-41-35-31-27-23-19-15-11-7-3/h9-10,13-14,21-22,25-26,33-35,37-38,41,43,46,79-81,86H,5-8,11-12,15-20,23-24,27-32,36,39-40,42,44-45,47-78H2,1-4H3,(H,91,92)(H,93,94)/b13-9-,14-10-,25-21-,26-22-,37-33-,38-34-,41-35-,46-43-. The molecule has 602 valence electrons. The number of unbranched alkanes of at least 4 members (excludes halogenated alkanes) is 36. The Morgan fingerprint density at radius 2 is 0.500 bits per heavy atom. The summed E-state index contributed by atoms with van der Waals surface area (Å²) in [4.78, 5) is 73.1. The number of esters is 4. The monoisotopic (exact) mass is 1510 g/mol. The number of aliphatic hydroxyl groups is 1. The van der Waals surface area contributed by atoms with Gasteiger partial charge in [-0.15, -0.1) is 0 Å². The van der Waals surface area contributed by atoms with Crippen molar-refractivity contribution in [1.82, 2.24) is 0 Å². The first kappa shape index (κ1) is 100.0. The van der Waals surface area contributed by atoms with E-state index in [1.54, 1.807) is 0 Å². The van der Waals surface area contributed by atoms with E-state index in [1.807, 2.05) is 0 Å². The van der Waals surface area contributed by atoms with Crippen LogP contribution < -0.4 is 0 Å². The first-order chi connectivity index (χ1) is 50.7. The zero-order valence-corrected chi connectivity index (χ0v) is 67.7. The summed E-state index contributed by atoms with van der Waals surface area (Å²) >= 11 is 0. The second-order valence-corrected chi connectivity index (χ2v) is 30.6. The van der Waals surface area contributed by atoms with E-state index in [0.29, 0.717) is 25.7 Å². The lowest BCUT2D eigenvalue weighted by Gasteiger charge is -2.21. The maximum Gasteiger partial charge on any atom is 0.472 e. The minimum Gasteiger partial charge on any atom is -0.462 e. The topological polar surface area (TPSA) is 237 Å². The van der Waals surface area contributed by atoms with Crippen molar-refractivity contribution in [3.63, 3.8) is 0 Å². The molecule has 19 heteroatoms. The summed E-state index contributed by atoms with van der Waals surface area (Å²) in [6.07, 6.45) is 82.3. The maximum absolute atomic E-state index is 13.1. The maximum atomic E-state index is 13.1. The molecule has 3 N–H and O–H groups in total. The molecule has 104 heavy (non-hydrogen) atoms. The third-order valence-corrected chi connectivity index (χ3v) is 19.4. The lowest BCUT2D eigenvalue weighted by Crippen LogP contribution is -2.30. The Bertz CT molecular complexity index is 2350. The van der Waals surface area contributed by atoms with Crippen LogP contribution >= 0.6 is 15.6 Å². The van der Waals surface area contributed by atoms with Crippen LogP contribution in [0.4, 0.5) is 0 Å². The molecule has 0 aromatic heterocycles. The average molecular weight is 1510 g/mol. The van der Waals surface area contributed by atoms with Crippen LogP contribution in [0.2, 0.25) is 0 Å². The highest BCUT2D eigenvalue weighted by molar-refractivity contribution is 7.47. The highest BCUT2D eigenvalue weighted by atomic mass is 31.2. The molecule has 0 aliphatic heterocycles. The van der Waals surface area contributed by atoms with E-state index in [9.17, 15) is 43.2 Å². The van der Waals surface area contributed by atoms with Gasteiger partial charge in [0.1, 0.15) is 19.3 Å².